The van der Waals surface area contributed by atoms with Gasteiger partial charge in [0.05, 0.1) is 6.26 Å². The maximum atomic E-state index is 5.82. The Balaban J connectivity index is 2.10. The summed E-state index contributed by atoms with van der Waals surface area (Å²) < 4.78 is 5.82. The zero-order valence-corrected chi connectivity index (χ0v) is 9.93. The third-order valence-corrected chi connectivity index (χ3v) is 3.32. The molecule has 0 aromatic heterocycles. The molecule has 1 saturated carbocycles. The van der Waals surface area contributed by atoms with E-state index >= 15 is 0 Å². The van der Waals surface area contributed by atoms with E-state index in [1.807, 2.05) is 19.3 Å². The van der Waals surface area contributed by atoms with Crippen LogP contribution in [0.4, 0.5) is 0 Å². The van der Waals surface area contributed by atoms with Crippen molar-refractivity contribution in [3.05, 3.63) is 48.2 Å². The minimum absolute atomic E-state index is 0.368. The highest BCUT2D eigenvalue weighted by Crippen LogP contribution is 2.34. The van der Waals surface area contributed by atoms with Crippen LogP contribution in [0, 0.1) is 0 Å². The van der Waals surface area contributed by atoms with Crippen LogP contribution in [-0.4, -0.2) is 6.10 Å². The highest BCUT2D eigenvalue weighted by atomic mass is 16.5. The Kier molecular flexibility index (Phi) is 4.03. The second-order valence-electron chi connectivity index (χ2n) is 4.45. The second kappa shape index (κ2) is 5.74. The molecule has 86 valence electrons. The lowest BCUT2D eigenvalue weighted by Crippen LogP contribution is -2.24. The van der Waals surface area contributed by atoms with Gasteiger partial charge in [0.25, 0.3) is 0 Å². The van der Waals surface area contributed by atoms with Crippen molar-refractivity contribution in [3.63, 3.8) is 0 Å². The zero-order valence-electron chi connectivity index (χ0n) is 9.93. The topological polar surface area (TPSA) is 9.23 Å². The minimum Gasteiger partial charge on any atom is -0.498 e. The van der Waals surface area contributed by atoms with Crippen LogP contribution >= 0.6 is 0 Å². The fourth-order valence-electron chi connectivity index (χ4n) is 2.52. The molecule has 0 bridgehead atoms. The van der Waals surface area contributed by atoms with Crippen LogP contribution in [0.2, 0.25) is 0 Å². The molecule has 0 saturated heterocycles. The quantitative estimate of drug-likeness (QED) is 0.686. The van der Waals surface area contributed by atoms with Gasteiger partial charge in [-0.3, -0.25) is 0 Å². The molecular weight excluding hydrogens is 196 g/mol. The summed E-state index contributed by atoms with van der Waals surface area (Å²) in [6, 6.07) is 10.8. The Morgan fingerprint density at radius 1 is 1.12 bits per heavy atom. The molecule has 0 aliphatic heterocycles. The molecule has 0 heterocycles. The fourth-order valence-corrected chi connectivity index (χ4v) is 2.52. The van der Waals surface area contributed by atoms with Gasteiger partial charge in [-0.2, -0.15) is 0 Å². The Bertz CT molecular complexity index is 329. The highest BCUT2D eigenvalue weighted by molar-refractivity contribution is 5.21. The van der Waals surface area contributed by atoms with Gasteiger partial charge < -0.3 is 4.74 Å². The van der Waals surface area contributed by atoms with Crippen molar-refractivity contribution >= 4 is 0 Å². The van der Waals surface area contributed by atoms with Crippen LogP contribution < -0.4 is 0 Å². The number of benzene rings is 1. The molecule has 1 aromatic carbocycles. The van der Waals surface area contributed by atoms with E-state index in [1.165, 1.54) is 31.2 Å². The summed E-state index contributed by atoms with van der Waals surface area (Å²) in [5, 5.41) is 0. The van der Waals surface area contributed by atoms with Gasteiger partial charge >= 0.3 is 0 Å². The SMILES string of the molecule is C/C=C/O[C@@H]1CCCC[C@H]1c1ccccc1. The van der Waals surface area contributed by atoms with Crippen LogP contribution in [0.3, 0.4) is 0 Å². The van der Waals surface area contributed by atoms with Crippen molar-refractivity contribution in [1.29, 1.82) is 0 Å². The van der Waals surface area contributed by atoms with E-state index in [0.717, 1.165) is 0 Å². The van der Waals surface area contributed by atoms with E-state index in [-0.39, 0.29) is 0 Å². The summed E-state index contributed by atoms with van der Waals surface area (Å²) in [4.78, 5) is 0. The van der Waals surface area contributed by atoms with Gasteiger partial charge in [0, 0.05) is 5.92 Å². The fraction of sp³-hybridized carbons (Fsp3) is 0.467. The Labute approximate surface area is 98.1 Å². The molecule has 0 radical (unpaired) electrons. The molecule has 0 amide bonds. The number of hydrogen-bond acceptors (Lipinski definition) is 1. The van der Waals surface area contributed by atoms with Gasteiger partial charge in [-0.25, -0.2) is 0 Å². The van der Waals surface area contributed by atoms with E-state index in [9.17, 15) is 0 Å². The van der Waals surface area contributed by atoms with E-state index in [2.05, 4.69) is 30.3 Å². The molecule has 2 atom stereocenters. The second-order valence-corrected chi connectivity index (χ2v) is 4.45. The maximum absolute atomic E-state index is 5.82. The van der Waals surface area contributed by atoms with Crippen molar-refractivity contribution in [2.75, 3.05) is 0 Å². The Morgan fingerprint density at radius 2 is 1.88 bits per heavy atom. The highest BCUT2D eigenvalue weighted by Gasteiger charge is 2.26. The van der Waals surface area contributed by atoms with E-state index in [1.54, 1.807) is 0 Å². The van der Waals surface area contributed by atoms with Gasteiger partial charge in [0.1, 0.15) is 6.10 Å². The van der Waals surface area contributed by atoms with Gasteiger partial charge in [0.2, 0.25) is 0 Å². The zero-order chi connectivity index (χ0) is 11.2. The molecule has 1 aromatic rings. The van der Waals surface area contributed by atoms with Gasteiger partial charge in [-0.15, -0.1) is 0 Å². The molecule has 16 heavy (non-hydrogen) atoms. The maximum Gasteiger partial charge on any atom is 0.105 e. The first-order valence-corrected chi connectivity index (χ1v) is 6.23. The van der Waals surface area contributed by atoms with Crippen LogP contribution in [0.15, 0.2) is 42.7 Å². The van der Waals surface area contributed by atoms with E-state index in [4.69, 9.17) is 4.74 Å². The average molecular weight is 216 g/mol. The normalized spacial score (nSPS) is 25.8. The van der Waals surface area contributed by atoms with Crippen molar-refractivity contribution in [1.82, 2.24) is 0 Å². The largest absolute Gasteiger partial charge is 0.498 e. The average Bonchev–Trinajstić information content (AvgIpc) is 2.38. The smallest absolute Gasteiger partial charge is 0.105 e. The molecule has 0 N–H and O–H groups in total. The van der Waals surface area contributed by atoms with Crippen molar-refractivity contribution in [3.8, 4) is 0 Å². The van der Waals surface area contributed by atoms with Gasteiger partial charge in [-0.1, -0.05) is 42.8 Å². The first-order valence-electron chi connectivity index (χ1n) is 6.23. The monoisotopic (exact) mass is 216 g/mol. The number of allylic oxidation sites excluding steroid dienone is 1. The molecule has 1 heteroatoms. The summed E-state index contributed by atoms with van der Waals surface area (Å²) in [5.41, 5.74) is 1.43. The standard InChI is InChI=1S/C15H20O/c1-2-12-16-15-11-7-6-10-14(15)13-8-4-3-5-9-13/h2-5,8-9,12,14-15H,6-7,10-11H2,1H3/b12-2+/t14-,15+/m0/s1. The predicted molar refractivity (Wildman–Crippen MR) is 67.3 cm³/mol. The lowest BCUT2D eigenvalue weighted by molar-refractivity contribution is 0.0846. The summed E-state index contributed by atoms with van der Waals surface area (Å²) in [6.07, 6.45) is 9.24. The molecule has 1 fully saturated rings. The molecule has 2 rings (SSSR count). The van der Waals surface area contributed by atoms with E-state index in [0.29, 0.717) is 12.0 Å². The number of hydrogen-bond donors (Lipinski definition) is 0. The third-order valence-electron chi connectivity index (χ3n) is 3.32. The van der Waals surface area contributed by atoms with Gasteiger partial charge in [-0.05, 0) is 31.7 Å². The molecule has 1 nitrogen and oxygen atoms in total. The molecule has 1 aliphatic carbocycles. The van der Waals surface area contributed by atoms with Crippen molar-refractivity contribution < 1.29 is 4.74 Å². The number of ether oxygens (including phenoxy) is 1. The predicted octanol–water partition coefficient (Wildman–Crippen LogP) is 4.26. The third kappa shape index (κ3) is 2.66. The summed E-state index contributed by atoms with van der Waals surface area (Å²) >= 11 is 0. The first-order chi connectivity index (χ1) is 7.92. The van der Waals surface area contributed by atoms with E-state index < -0.39 is 0 Å². The lowest BCUT2D eigenvalue weighted by Gasteiger charge is -2.31. The minimum atomic E-state index is 0.368. The van der Waals surface area contributed by atoms with Crippen LogP contribution in [0.5, 0.6) is 0 Å². The van der Waals surface area contributed by atoms with Crippen LogP contribution in [0.25, 0.3) is 0 Å². The summed E-state index contributed by atoms with van der Waals surface area (Å²) in [7, 11) is 0. The van der Waals surface area contributed by atoms with Crippen LogP contribution in [0.1, 0.15) is 44.1 Å². The Morgan fingerprint density at radius 3 is 2.62 bits per heavy atom. The molecule has 0 unspecified atom stereocenters. The van der Waals surface area contributed by atoms with Gasteiger partial charge in [0.15, 0.2) is 0 Å². The first kappa shape index (κ1) is 11.3. The molecular formula is C15H20O. The lowest BCUT2D eigenvalue weighted by atomic mass is 9.81. The molecule has 1 aliphatic rings. The van der Waals surface area contributed by atoms with Crippen molar-refractivity contribution in [2.24, 2.45) is 0 Å². The number of rotatable bonds is 3. The van der Waals surface area contributed by atoms with Crippen LogP contribution in [-0.2, 0) is 4.74 Å². The molecule has 0 spiro atoms. The summed E-state index contributed by atoms with van der Waals surface area (Å²) in [6.45, 7) is 2.00. The summed E-state index contributed by atoms with van der Waals surface area (Å²) in [5.74, 6) is 0.575. The Hall–Kier alpha value is -1.24. The van der Waals surface area contributed by atoms with Crippen molar-refractivity contribution in [2.45, 2.75) is 44.6 Å².